The minimum atomic E-state index is -0.785. The van der Waals surface area contributed by atoms with Crippen molar-refractivity contribution in [3.63, 3.8) is 0 Å². The Hall–Kier alpha value is -2.75. The van der Waals surface area contributed by atoms with Crippen molar-refractivity contribution in [1.82, 2.24) is 24.8 Å². The number of nitrogens with zero attached hydrogens (tertiary/aromatic N) is 6. The normalized spacial score (nSPS) is 16.1. The Morgan fingerprint density at radius 3 is 2.88 bits per heavy atom. The number of carbonyl (C=O) groups excluding carboxylic acids is 1. The molecule has 2 aromatic heterocycles. The molecule has 0 bridgehead atoms. The van der Waals surface area contributed by atoms with Gasteiger partial charge in [0.2, 0.25) is 5.89 Å². The predicted octanol–water partition coefficient (Wildman–Crippen LogP) is -1.08. The summed E-state index contributed by atoms with van der Waals surface area (Å²) in [5.74, 6) is -0.905. The van der Waals surface area contributed by atoms with Crippen LogP contribution in [0.25, 0.3) is 0 Å². The summed E-state index contributed by atoms with van der Waals surface area (Å²) in [6.45, 7) is 3.72. The first-order valence-electron chi connectivity index (χ1n) is 7.66. The summed E-state index contributed by atoms with van der Waals surface area (Å²) in [6.07, 6.45) is 2.69. The highest BCUT2D eigenvalue weighted by molar-refractivity contribution is 5.88. The molecule has 2 aromatic rings. The number of rotatable bonds is 4. The Kier molecular flexibility index (Phi) is 4.56. The molecule has 3 heterocycles. The van der Waals surface area contributed by atoms with E-state index in [2.05, 4.69) is 32.1 Å². The summed E-state index contributed by atoms with van der Waals surface area (Å²) in [5.41, 5.74) is 5.58. The Morgan fingerprint density at radius 1 is 1.33 bits per heavy atom. The van der Waals surface area contributed by atoms with Crippen LogP contribution in [0.3, 0.4) is 0 Å². The van der Waals surface area contributed by atoms with Crippen LogP contribution >= 0.6 is 0 Å². The van der Waals surface area contributed by atoms with E-state index in [1.807, 2.05) is 0 Å². The minimum absolute atomic E-state index is 0.0118. The largest absolute Gasteiger partial charge is 0.369 e. The molecule has 0 aromatic carbocycles. The van der Waals surface area contributed by atoms with Crippen molar-refractivity contribution in [3.8, 4) is 0 Å². The zero-order valence-corrected chi connectivity index (χ0v) is 13.4. The van der Waals surface area contributed by atoms with E-state index in [9.17, 15) is 9.59 Å². The Bertz CT molecular complexity index is 785. The fourth-order valence-electron chi connectivity index (χ4n) is 2.57. The van der Waals surface area contributed by atoms with Crippen molar-refractivity contribution < 1.29 is 9.32 Å². The van der Waals surface area contributed by atoms with Crippen LogP contribution in [-0.2, 0) is 6.54 Å². The lowest BCUT2D eigenvalue weighted by molar-refractivity contribution is 0.0987. The van der Waals surface area contributed by atoms with Crippen molar-refractivity contribution in [2.24, 2.45) is 5.73 Å². The first-order valence-corrected chi connectivity index (χ1v) is 7.66. The second kappa shape index (κ2) is 6.79. The van der Waals surface area contributed by atoms with Crippen molar-refractivity contribution in [2.45, 2.75) is 13.0 Å². The number of anilines is 1. The Morgan fingerprint density at radius 2 is 2.17 bits per heavy atom. The monoisotopic (exact) mass is 333 g/mol. The molecule has 10 heteroatoms. The molecule has 0 spiro atoms. The van der Waals surface area contributed by atoms with Crippen LogP contribution < -0.4 is 16.2 Å². The lowest BCUT2D eigenvalue weighted by Crippen LogP contribution is -2.31. The van der Waals surface area contributed by atoms with Gasteiger partial charge in [0.1, 0.15) is 6.54 Å². The van der Waals surface area contributed by atoms with Gasteiger partial charge in [0, 0.05) is 25.7 Å². The molecule has 1 aliphatic heterocycles. The fourth-order valence-corrected chi connectivity index (χ4v) is 2.57. The molecular formula is C14H19N7O3. The summed E-state index contributed by atoms with van der Waals surface area (Å²) >= 11 is 0. The average Bonchev–Trinajstić information content (AvgIpc) is 2.91. The van der Waals surface area contributed by atoms with Crippen LogP contribution in [0.4, 0.5) is 5.69 Å². The van der Waals surface area contributed by atoms with Gasteiger partial charge in [-0.05, 0) is 20.0 Å². The van der Waals surface area contributed by atoms with Gasteiger partial charge in [0.05, 0.1) is 11.9 Å². The molecule has 2 N–H and O–H groups in total. The summed E-state index contributed by atoms with van der Waals surface area (Å²) in [7, 11) is 2.09. The van der Waals surface area contributed by atoms with Gasteiger partial charge < -0.3 is 20.1 Å². The number of amides is 1. The second-order valence-corrected chi connectivity index (χ2v) is 5.73. The standard InChI is InChI=1S/C14H19N7O3/c1-19-3-2-4-20(6-5-19)10-7-12(22)21(16-8-10)9-11-17-14(13(15)23)18-24-11/h7-8H,2-6,9H2,1H3,(H2,15,23). The first kappa shape index (κ1) is 16.1. The molecule has 24 heavy (non-hydrogen) atoms. The SMILES string of the molecule is CN1CCCN(c2cnn(Cc3nc(C(N)=O)no3)c(=O)c2)CC1. The van der Waals surface area contributed by atoms with Crippen molar-refractivity contribution >= 4 is 11.6 Å². The van der Waals surface area contributed by atoms with Gasteiger partial charge in [-0.2, -0.15) is 10.1 Å². The molecule has 1 amide bonds. The zero-order chi connectivity index (χ0) is 17.1. The highest BCUT2D eigenvalue weighted by Gasteiger charge is 2.15. The summed E-state index contributed by atoms with van der Waals surface area (Å²) in [6, 6.07) is 1.55. The number of aromatic nitrogens is 4. The lowest BCUT2D eigenvalue weighted by atomic mass is 10.3. The van der Waals surface area contributed by atoms with Gasteiger partial charge in [-0.3, -0.25) is 9.59 Å². The molecule has 0 saturated carbocycles. The molecule has 3 rings (SSSR count). The summed E-state index contributed by atoms with van der Waals surface area (Å²) in [5, 5.41) is 7.59. The first-order chi connectivity index (χ1) is 11.5. The minimum Gasteiger partial charge on any atom is -0.369 e. The molecule has 1 aliphatic rings. The third-order valence-electron chi connectivity index (χ3n) is 3.91. The van der Waals surface area contributed by atoms with Crippen molar-refractivity contribution in [3.05, 3.63) is 34.3 Å². The molecule has 0 unspecified atom stereocenters. The van der Waals surface area contributed by atoms with Crippen LogP contribution in [0.5, 0.6) is 0 Å². The number of nitrogens with two attached hydrogens (primary N) is 1. The van der Waals surface area contributed by atoms with E-state index in [1.165, 1.54) is 4.68 Å². The highest BCUT2D eigenvalue weighted by atomic mass is 16.5. The van der Waals surface area contributed by atoms with Crippen molar-refractivity contribution in [1.29, 1.82) is 0 Å². The highest BCUT2D eigenvalue weighted by Crippen LogP contribution is 2.12. The zero-order valence-electron chi connectivity index (χ0n) is 13.4. The lowest BCUT2D eigenvalue weighted by Gasteiger charge is -2.22. The third-order valence-corrected chi connectivity index (χ3v) is 3.91. The number of carbonyl (C=O) groups is 1. The molecule has 0 radical (unpaired) electrons. The van der Waals surface area contributed by atoms with Crippen LogP contribution in [0.1, 0.15) is 22.9 Å². The van der Waals surface area contributed by atoms with Crippen LogP contribution in [0.2, 0.25) is 0 Å². The molecule has 128 valence electrons. The maximum atomic E-state index is 12.3. The summed E-state index contributed by atoms with van der Waals surface area (Å²) < 4.78 is 6.08. The topological polar surface area (TPSA) is 123 Å². The van der Waals surface area contributed by atoms with Gasteiger partial charge in [0.25, 0.3) is 17.3 Å². The van der Waals surface area contributed by atoms with Gasteiger partial charge in [-0.25, -0.2) is 4.68 Å². The van der Waals surface area contributed by atoms with E-state index < -0.39 is 5.91 Å². The summed E-state index contributed by atoms with van der Waals surface area (Å²) in [4.78, 5) is 31.4. The van der Waals surface area contributed by atoms with E-state index in [0.717, 1.165) is 38.3 Å². The molecule has 0 aliphatic carbocycles. The number of hydrogen-bond donors (Lipinski definition) is 1. The van der Waals surface area contributed by atoms with E-state index >= 15 is 0 Å². The predicted molar refractivity (Wildman–Crippen MR) is 84.7 cm³/mol. The number of likely N-dealkylation sites (N-methyl/N-ethyl adjacent to an activating group) is 1. The molecule has 10 nitrogen and oxygen atoms in total. The average molecular weight is 333 g/mol. The Labute approximate surface area is 137 Å². The molecule has 1 fully saturated rings. The van der Waals surface area contributed by atoms with E-state index in [4.69, 9.17) is 10.3 Å². The van der Waals surface area contributed by atoms with Crippen molar-refractivity contribution in [2.75, 3.05) is 38.1 Å². The van der Waals surface area contributed by atoms with Crippen LogP contribution in [0, 0.1) is 0 Å². The third kappa shape index (κ3) is 3.59. The quantitative estimate of drug-likeness (QED) is 0.749. The molecule has 0 atom stereocenters. The van der Waals surface area contributed by atoms with Gasteiger partial charge in [0.15, 0.2) is 0 Å². The Balaban J connectivity index is 1.74. The van der Waals surface area contributed by atoms with E-state index in [1.54, 1.807) is 12.3 Å². The van der Waals surface area contributed by atoms with Crippen LogP contribution in [-0.4, -0.2) is 64.0 Å². The fraction of sp³-hybridized carbons (Fsp3) is 0.500. The van der Waals surface area contributed by atoms with Gasteiger partial charge >= 0.3 is 0 Å². The smallest absolute Gasteiger partial charge is 0.290 e. The van der Waals surface area contributed by atoms with Gasteiger partial charge in [-0.1, -0.05) is 5.16 Å². The molecular weight excluding hydrogens is 314 g/mol. The number of primary amides is 1. The maximum absolute atomic E-state index is 12.3. The van der Waals surface area contributed by atoms with E-state index in [-0.39, 0.29) is 23.8 Å². The van der Waals surface area contributed by atoms with Crippen LogP contribution in [0.15, 0.2) is 21.6 Å². The number of hydrogen-bond acceptors (Lipinski definition) is 8. The van der Waals surface area contributed by atoms with E-state index in [0.29, 0.717) is 0 Å². The molecule has 1 saturated heterocycles. The van der Waals surface area contributed by atoms with Gasteiger partial charge in [-0.15, -0.1) is 0 Å². The second-order valence-electron chi connectivity index (χ2n) is 5.73. The maximum Gasteiger partial charge on any atom is 0.290 e.